The molecule has 1 heterocycles. The zero-order valence-corrected chi connectivity index (χ0v) is 8.22. The van der Waals surface area contributed by atoms with Gasteiger partial charge in [-0.3, -0.25) is 0 Å². The lowest BCUT2D eigenvalue weighted by Crippen LogP contribution is -2.06. The lowest BCUT2D eigenvalue weighted by Gasteiger charge is -2.06. The van der Waals surface area contributed by atoms with Gasteiger partial charge in [-0.15, -0.1) is 0 Å². The highest BCUT2D eigenvalue weighted by Gasteiger charge is 2.39. The molecule has 1 aliphatic rings. The molecule has 1 aromatic rings. The second-order valence-corrected chi connectivity index (χ2v) is 4.55. The van der Waals surface area contributed by atoms with Gasteiger partial charge in [0.2, 0.25) is 0 Å². The fourth-order valence-corrected chi connectivity index (χ4v) is 2.33. The van der Waals surface area contributed by atoms with Crippen LogP contribution in [0.4, 0.5) is 13.2 Å². The summed E-state index contributed by atoms with van der Waals surface area (Å²) in [6.07, 6.45) is -4.67. The highest BCUT2D eigenvalue weighted by Crippen LogP contribution is 2.35. The van der Waals surface area contributed by atoms with Crippen molar-refractivity contribution in [1.29, 1.82) is 0 Å². The van der Waals surface area contributed by atoms with Crippen LogP contribution in [0.2, 0.25) is 0 Å². The van der Waals surface area contributed by atoms with Crippen LogP contribution in [0, 0.1) is 0 Å². The summed E-state index contributed by atoms with van der Waals surface area (Å²) in [7, 11) is -4.39. The van der Waals surface area contributed by atoms with Gasteiger partial charge in [-0.25, -0.2) is 4.79 Å². The minimum atomic E-state index is -4.67. The molecule has 8 heteroatoms. The van der Waals surface area contributed by atoms with Crippen molar-refractivity contribution in [2.75, 3.05) is 0 Å². The average molecular weight is 252 g/mol. The molecule has 0 spiro atoms. The molecule has 1 aliphatic heterocycles. The SMILES string of the molecule is O=C1OS(=O)(=O)c2cc(C(F)(F)F)ccc21. The van der Waals surface area contributed by atoms with Crippen LogP contribution >= 0.6 is 0 Å². The molecule has 0 saturated carbocycles. The van der Waals surface area contributed by atoms with E-state index in [1.54, 1.807) is 0 Å². The van der Waals surface area contributed by atoms with Gasteiger partial charge in [0.1, 0.15) is 4.90 Å². The lowest BCUT2D eigenvalue weighted by atomic mass is 10.1. The van der Waals surface area contributed by atoms with E-state index >= 15 is 0 Å². The van der Waals surface area contributed by atoms with Crippen LogP contribution in [-0.2, 0) is 20.5 Å². The Balaban J connectivity index is 2.69. The Hall–Kier alpha value is -1.57. The predicted octanol–water partition coefficient (Wildman–Crippen LogP) is 1.56. The fourth-order valence-electron chi connectivity index (χ4n) is 1.26. The molecule has 16 heavy (non-hydrogen) atoms. The molecule has 0 radical (unpaired) electrons. The molecule has 1 aromatic carbocycles. The Morgan fingerprint density at radius 2 is 1.81 bits per heavy atom. The molecule has 2 rings (SSSR count). The number of alkyl halides is 3. The molecular weight excluding hydrogens is 249 g/mol. The van der Waals surface area contributed by atoms with E-state index in [4.69, 9.17) is 0 Å². The average Bonchev–Trinajstić information content (AvgIpc) is 2.36. The number of carbonyl (C=O) groups is 1. The molecule has 0 atom stereocenters. The minimum absolute atomic E-state index is 0.381. The van der Waals surface area contributed by atoms with Crippen molar-refractivity contribution in [2.45, 2.75) is 11.1 Å². The van der Waals surface area contributed by atoms with Crippen LogP contribution < -0.4 is 0 Å². The maximum atomic E-state index is 12.3. The van der Waals surface area contributed by atoms with E-state index in [9.17, 15) is 26.4 Å². The summed E-state index contributed by atoms with van der Waals surface area (Å²) in [5, 5.41) is 0. The number of carbonyl (C=O) groups excluding carboxylic acids is 1. The monoisotopic (exact) mass is 252 g/mol. The van der Waals surface area contributed by atoms with Gasteiger partial charge >= 0.3 is 22.3 Å². The van der Waals surface area contributed by atoms with Crippen molar-refractivity contribution in [3.63, 3.8) is 0 Å². The molecule has 0 saturated heterocycles. The van der Waals surface area contributed by atoms with Gasteiger partial charge in [0.25, 0.3) is 0 Å². The van der Waals surface area contributed by atoms with E-state index in [2.05, 4.69) is 4.18 Å². The Morgan fingerprint density at radius 1 is 1.19 bits per heavy atom. The molecule has 0 aromatic heterocycles. The smallest absolute Gasteiger partial charge is 0.338 e. The standard InChI is InChI=1S/C8H3F3O4S/c9-8(10,11)4-1-2-5-6(3-4)16(13,14)15-7(5)12/h1-3H. The third-order valence-corrected chi connectivity index (χ3v) is 3.23. The molecule has 0 bridgehead atoms. The first-order valence-corrected chi connectivity index (χ1v) is 5.33. The second kappa shape index (κ2) is 2.97. The van der Waals surface area contributed by atoms with Gasteiger partial charge in [0.05, 0.1) is 11.1 Å². The molecule has 0 N–H and O–H groups in total. The first-order chi connectivity index (χ1) is 7.22. The third kappa shape index (κ3) is 1.54. The van der Waals surface area contributed by atoms with Gasteiger partial charge in [-0.05, 0) is 18.2 Å². The Bertz CT molecular complexity index is 573. The first-order valence-electron chi connectivity index (χ1n) is 3.92. The van der Waals surface area contributed by atoms with Crippen molar-refractivity contribution in [3.8, 4) is 0 Å². The zero-order chi connectivity index (χ0) is 12.1. The molecule has 0 fully saturated rings. The number of hydrogen-bond donors (Lipinski definition) is 0. The summed E-state index contributed by atoms with van der Waals surface area (Å²) >= 11 is 0. The van der Waals surface area contributed by atoms with Crippen molar-refractivity contribution >= 4 is 16.1 Å². The van der Waals surface area contributed by atoms with Gasteiger partial charge < -0.3 is 4.18 Å². The summed E-state index contributed by atoms with van der Waals surface area (Å²) in [6, 6.07) is 1.79. The molecular formula is C8H3F3O4S. The van der Waals surface area contributed by atoms with E-state index in [0.29, 0.717) is 12.1 Å². The van der Waals surface area contributed by atoms with Crippen molar-refractivity contribution < 1.29 is 30.6 Å². The van der Waals surface area contributed by atoms with Crippen molar-refractivity contribution in [3.05, 3.63) is 29.3 Å². The number of rotatable bonds is 0. The van der Waals surface area contributed by atoms with Crippen LogP contribution in [0.3, 0.4) is 0 Å². The maximum absolute atomic E-state index is 12.3. The maximum Gasteiger partial charge on any atom is 0.416 e. The van der Waals surface area contributed by atoms with Crippen molar-refractivity contribution in [2.24, 2.45) is 0 Å². The highest BCUT2D eigenvalue weighted by atomic mass is 32.2. The summed E-state index contributed by atoms with van der Waals surface area (Å²) < 4.78 is 63.1. The van der Waals surface area contributed by atoms with E-state index in [1.807, 2.05) is 0 Å². The Morgan fingerprint density at radius 3 is 2.38 bits per heavy atom. The number of halogens is 3. The molecule has 0 unspecified atom stereocenters. The minimum Gasteiger partial charge on any atom is -0.338 e. The van der Waals surface area contributed by atoms with Crippen LogP contribution in [0.15, 0.2) is 23.1 Å². The topological polar surface area (TPSA) is 60.4 Å². The normalized spacial score (nSPS) is 18.1. The van der Waals surface area contributed by atoms with E-state index in [1.165, 1.54) is 0 Å². The summed E-state index contributed by atoms with van der Waals surface area (Å²) in [5.74, 6) is -1.16. The van der Waals surface area contributed by atoms with Crippen LogP contribution in [0.25, 0.3) is 0 Å². The summed E-state index contributed by atoms with van der Waals surface area (Å²) in [6.45, 7) is 0. The molecule has 0 aliphatic carbocycles. The molecule has 0 amide bonds. The van der Waals surface area contributed by atoms with Crippen LogP contribution in [0.5, 0.6) is 0 Å². The Labute approximate surface area is 87.8 Å². The van der Waals surface area contributed by atoms with Gasteiger partial charge in [0, 0.05) is 0 Å². The Kier molecular flexibility index (Phi) is 2.03. The quantitative estimate of drug-likeness (QED) is 0.657. The predicted molar refractivity (Wildman–Crippen MR) is 44.0 cm³/mol. The van der Waals surface area contributed by atoms with Gasteiger partial charge in [-0.1, -0.05) is 0 Å². The summed E-state index contributed by atoms with van der Waals surface area (Å²) in [5.41, 5.74) is -1.53. The number of hydrogen-bond acceptors (Lipinski definition) is 4. The van der Waals surface area contributed by atoms with E-state index < -0.39 is 32.7 Å². The third-order valence-electron chi connectivity index (χ3n) is 1.98. The highest BCUT2D eigenvalue weighted by molar-refractivity contribution is 7.87. The fraction of sp³-hybridized carbons (Fsp3) is 0.125. The van der Waals surface area contributed by atoms with Crippen LogP contribution in [-0.4, -0.2) is 14.4 Å². The largest absolute Gasteiger partial charge is 0.416 e. The van der Waals surface area contributed by atoms with Crippen LogP contribution in [0.1, 0.15) is 15.9 Å². The van der Waals surface area contributed by atoms with Gasteiger partial charge in [0.15, 0.2) is 0 Å². The van der Waals surface area contributed by atoms with E-state index in [-0.39, 0.29) is 5.56 Å². The zero-order valence-electron chi connectivity index (χ0n) is 7.41. The lowest BCUT2D eigenvalue weighted by molar-refractivity contribution is -0.137. The van der Waals surface area contributed by atoms with Crippen molar-refractivity contribution in [1.82, 2.24) is 0 Å². The molecule has 86 valence electrons. The first kappa shape index (κ1) is 10.9. The van der Waals surface area contributed by atoms with E-state index in [0.717, 1.165) is 6.07 Å². The summed E-state index contributed by atoms with van der Waals surface area (Å²) in [4.78, 5) is 10.2. The second-order valence-electron chi connectivity index (χ2n) is 3.03. The number of fused-ring (bicyclic) bond motifs is 1. The van der Waals surface area contributed by atoms with Gasteiger partial charge in [-0.2, -0.15) is 21.6 Å². The number of benzene rings is 1. The molecule has 4 nitrogen and oxygen atoms in total.